The lowest BCUT2D eigenvalue weighted by molar-refractivity contribution is 0.0921. The predicted molar refractivity (Wildman–Crippen MR) is 104 cm³/mol. The maximum atomic E-state index is 13.8. The fourth-order valence-corrected chi connectivity index (χ4v) is 3.12. The molecule has 1 atom stereocenters. The Hall–Kier alpha value is -2.71. The summed E-state index contributed by atoms with van der Waals surface area (Å²) in [5, 5.41) is 16.2. The first-order chi connectivity index (χ1) is 13.2. The first-order valence-corrected chi connectivity index (χ1v) is 9.13. The summed E-state index contributed by atoms with van der Waals surface area (Å²) >= 11 is 5.71. The van der Waals surface area contributed by atoms with Crippen molar-refractivity contribution in [2.45, 2.75) is 32.7 Å². The number of carbonyl (C=O) groups excluding carboxylic acids is 1. The third-order valence-electron chi connectivity index (χ3n) is 4.35. The summed E-state index contributed by atoms with van der Waals surface area (Å²) in [7, 11) is 0. The maximum absolute atomic E-state index is 13.8. The third-order valence-corrected chi connectivity index (χ3v) is 4.65. The van der Waals surface area contributed by atoms with Crippen LogP contribution in [0.3, 0.4) is 0 Å². The number of fused-ring (bicyclic) bond motifs is 1. The number of aromatic nitrogens is 3. The van der Waals surface area contributed by atoms with Gasteiger partial charge in [-0.15, -0.1) is 5.10 Å². The van der Waals surface area contributed by atoms with E-state index in [1.807, 2.05) is 13.8 Å². The number of amides is 1. The van der Waals surface area contributed by atoms with Crippen molar-refractivity contribution in [1.82, 2.24) is 19.9 Å². The molecule has 0 unspecified atom stereocenters. The van der Waals surface area contributed by atoms with Crippen LogP contribution in [0.25, 0.3) is 16.9 Å². The molecular formula is C19H20ClFN4O3. The van der Waals surface area contributed by atoms with E-state index in [0.717, 1.165) is 0 Å². The van der Waals surface area contributed by atoms with E-state index in [-0.39, 0.29) is 28.9 Å². The van der Waals surface area contributed by atoms with Gasteiger partial charge in [-0.3, -0.25) is 9.59 Å². The van der Waals surface area contributed by atoms with Crippen molar-refractivity contribution < 1.29 is 14.3 Å². The molecule has 2 heterocycles. The van der Waals surface area contributed by atoms with Crippen molar-refractivity contribution in [3.05, 3.63) is 56.7 Å². The first kappa shape index (κ1) is 20.0. The van der Waals surface area contributed by atoms with Crippen molar-refractivity contribution >= 4 is 23.0 Å². The molecule has 0 bridgehead atoms. The molecule has 3 aromatic rings. The highest BCUT2D eigenvalue weighted by atomic mass is 35.5. The summed E-state index contributed by atoms with van der Waals surface area (Å²) in [6.07, 6.45) is 1.47. The van der Waals surface area contributed by atoms with Crippen molar-refractivity contribution in [3.8, 4) is 11.4 Å². The molecule has 0 radical (unpaired) electrons. The summed E-state index contributed by atoms with van der Waals surface area (Å²) in [4.78, 5) is 28.0. The standard InChI is InChI=1S/C19H20ClFN4O3/c1-9(2)15-12(18(27)22-10(3)8-26)7-25-16(15)19(28)23-17(24-25)11-4-5-13(20)14(21)6-11/h4-7,9-10,26H,8H2,1-3H3,(H,22,27)(H,23,24,28)/t10-/m0/s1. The number of carbonyl (C=O) groups is 1. The molecule has 0 saturated heterocycles. The molecule has 7 nitrogen and oxygen atoms in total. The summed E-state index contributed by atoms with van der Waals surface area (Å²) in [6, 6.07) is 3.66. The molecule has 0 aliphatic heterocycles. The van der Waals surface area contributed by atoms with Crippen LogP contribution in [0.5, 0.6) is 0 Å². The lowest BCUT2D eigenvalue weighted by Gasteiger charge is -2.12. The minimum absolute atomic E-state index is 0.0350. The van der Waals surface area contributed by atoms with Gasteiger partial charge in [-0.25, -0.2) is 8.91 Å². The molecule has 9 heteroatoms. The molecule has 0 saturated carbocycles. The Morgan fingerprint density at radius 2 is 2.11 bits per heavy atom. The zero-order chi connectivity index (χ0) is 20.6. The van der Waals surface area contributed by atoms with Crippen LogP contribution < -0.4 is 10.9 Å². The molecule has 148 valence electrons. The molecule has 28 heavy (non-hydrogen) atoms. The van der Waals surface area contributed by atoms with Gasteiger partial charge >= 0.3 is 0 Å². The van der Waals surface area contributed by atoms with E-state index in [4.69, 9.17) is 16.7 Å². The fourth-order valence-electron chi connectivity index (χ4n) is 3.00. The third kappa shape index (κ3) is 3.65. The van der Waals surface area contributed by atoms with Gasteiger partial charge in [-0.2, -0.15) is 0 Å². The number of aliphatic hydroxyl groups excluding tert-OH is 1. The highest BCUT2D eigenvalue weighted by Gasteiger charge is 2.23. The maximum Gasteiger partial charge on any atom is 0.275 e. The fraction of sp³-hybridized carbons (Fsp3) is 0.316. The Labute approximate surface area is 165 Å². The first-order valence-electron chi connectivity index (χ1n) is 8.75. The van der Waals surface area contributed by atoms with Crippen LogP contribution in [0.1, 0.15) is 42.6 Å². The largest absolute Gasteiger partial charge is 0.394 e. The Balaban J connectivity index is 2.18. The van der Waals surface area contributed by atoms with Crippen LogP contribution in [0.4, 0.5) is 4.39 Å². The van der Waals surface area contributed by atoms with Gasteiger partial charge in [0, 0.05) is 23.4 Å². The lowest BCUT2D eigenvalue weighted by Crippen LogP contribution is -2.35. The topological polar surface area (TPSA) is 99.5 Å². The number of nitrogens with zero attached hydrogens (tertiary/aromatic N) is 2. The highest BCUT2D eigenvalue weighted by molar-refractivity contribution is 6.30. The van der Waals surface area contributed by atoms with Gasteiger partial charge in [0.1, 0.15) is 11.3 Å². The van der Waals surface area contributed by atoms with E-state index >= 15 is 0 Å². The SMILES string of the molecule is CC(C)c1c(C(=O)N[C@@H](C)CO)cn2nc(-c3ccc(Cl)c(F)c3)[nH]c(=O)c12. The molecule has 0 spiro atoms. The van der Waals surface area contributed by atoms with Crippen molar-refractivity contribution in [2.24, 2.45) is 0 Å². The minimum atomic E-state index is -0.629. The number of nitrogens with one attached hydrogen (secondary N) is 2. The van der Waals surface area contributed by atoms with Crippen molar-refractivity contribution in [1.29, 1.82) is 0 Å². The summed E-state index contributed by atoms with van der Waals surface area (Å²) < 4.78 is 15.1. The Morgan fingerprint density at radius 1 is 1.39 bits per heavy atom. The number of benzene rings is 1. The van der Waals surface area contributed by atoms with E-state index in [1.165, 1.54) is 22.8 Å². The molecule has 0 fully saturated rings. The summed E-state index contributed by atoms with van der Waals surface area (Å²) in [5.41, 5.74) is 0.992. The molecule has 0 aliphatic carbocycles. The Morgan fingerprint density at radius 3 is 2.71 bits per heavy atom. The van der Waals surface area contributed by atoms with E-state index in [1.54, 1.807) is 13.0 Å². The van der Waals surface area contributed by atoms with Crippen LogP contribution in [-0.4, -0.2) is 38.3 Å². The molecule has 1 amide bonds. The summed E-state index contributed by atoms with van der Waals surface area (Å²) in [6.45, 7) is 5.19. The second kappa shape index (κ2) is 7.73. The molecule has 3 N–H and O–H groups in total. The lowest BCUT2D eigenvalue weighted by atomic mass is 9.99. The number of hydrogen-bond acceptors (Lipinski definition) is 4. The second-order valence-corrected chi connectivity index (χ2v) is 7.30. The number of aromatic amines is 1. The molecule has 3 rings (SSSR count). The number of halogens is 2. The molecular weight excluding hydrogens is 387 g/mol. The van der Waals surface area contributed by atoms with Crippen LogP contribution >= 0.6 is 11.6 Å². The number of rotatable bonds is 5. The number of hydrogen-bond donors (Lipinski definition) is 3. The molecule has 1 aromatic carbocycles. The van der Waals surface area contributed by atoms with Crippen molar-refractivity contribution in [3.63, 3.8) is 0 Å². The Kier molecular flexibility index (Phi) is 5.53. The zero-order valence-electron chi connectivity index (χ0n) is 15.6. The van der Waals surface area contributed by atoms with Gasteiger partial charge in [0.2, 0.25) is 0 Å². The van der Waals surface area contributed by atoms with Crippen molar-refractivity contribution in [2.75, 3.05) is 6.61 Å². The van der Waals surface area contributed by atoms with E-state index in [0.29, 0.717) is 16.7 Å². The van der Waals surface area contributed by atoms with Gasteiger partial charge in [0.05, 0.1) is 17.2 Å². The zero-order valence-corrected chi connectivity index (χ0v) is 16.3. The second-order valence-electron chi connectivity index (χ2n) is 6.89. The molecule has 0 aliphatic rings. The normalized spacial score (nSPS) is 12.5. The van der Waals surface area contributed by atoms with Crippen LogP contribution in [0.15, 0.2) is 29.2 Å². The highest BCUT2D eigenvalue weighted by Crippen LogP contribution is 2.26. The quantitative estimate of drug-likeness (QED) is 0.606. The van der Waals surface area contributed by atoms with Gasteiger partial charge in [-0.05, 0) is 31.0 Å². The average molecular weight is 407 g/mol. The predicted octanol–water partition coefficient (Wildman–Crippen LogP) is 2.72. The van der Waals surface area contributed by atoms with Crippen LogP contribution in [0, 0.1) is 5.82 Å². The average Bonchev–Trinajstić information content (AvgIpc) is 3.04. The number of H-pyrrole nitrogens is 1. The number of aliphatic hydroxyl groups is 1. The Bertz CT molecular complexity index is 1110. The van der Waals surface area contributed by atoms with E-state index < -0.39 is 23.3 Å². The van der Waals surface area contributed by atoms with E-state index in [2.05, 4.69) is 15.4 Å². The monoisotopic (exact) mass is 406 g/mol. The minimum Gasteiger partial charge on any atom is -0.394 e. The van der Waals surface area contributed by atoms with Crippen LogP contribution in [-0.2, 0) is 0 Å². The summed E-state index contributed by atoms with van der Waals surface area (Å²) in [5.74, 6) is -1.02. The van der Waals surface area contributed by atoms with Gasteiger partial charge < -0.3 is 15.4 Å². The van der Waals surface area contributed by atoms with E-state index in [9.17, 15) is 14.0 Å². The molecule has 2 aromatic heterocycles. The van der Waals surface area contributed by atoms with Gasteiger partial charge in [-0.1, -0.05) is 25.4 Å². The van der Waals surface area contributed by atoms with Crippen LogP contribution in [0.2, 0.25) is 5.02 Å². The van der Waals surface area contributed by atoms with Gasteiger partial charge in [0.15, 0.2) is 5.82 Å². The smallest absolute Gasteiger partial charge is 0.275 e. The van der Waals surface area contributed by atoms with Gasteiger partial charge in [0.25, 0.3) is 11.5 Å².